The van der Waals surface area contributed by atoms with Gasteiger partial charge in [0.15, 0.2) is 0 Å². The van der Waals surface area contributed by atoms with E-state index < -0.39 is 5.91 Å². The first-order valence-electron chi connectivity index (χ1n) is 6.08. The number of carbonyl (C=O) groups excluding carboxylic acids is 2. The van der Waals surface area contributed by atoms with E-state index in [2.05, 4.69) is 10.6 Å². The van der Waals surface area contributed by atoms with Gasteiger partial charge < -0.3 is 21.1 Å². The molecule has 0 radical (unpaired) electrons. The monoisotopic (exact) mass is 263 g/mol. The minimum absolute atomic E-state index is 0.0132. The third kappa shape index (κ3) is 2.91. The number of carbonyl (C=O) groups is 2. The molecule has 6 heteroatoms. The average Bonchev–Trinajstić information content (AvgIpc) is 2.87. The minimum Gasteiger partial charge on any atom is -0.379 e. The van der Waals surface area contributed by atoms with E-state index in [1.807, 2.05) is 0 Å². The van der Waals surface area contributed by atoms with E-state index in [-0.39, 0.29) is 17.9 Å². The summed E-state index contributed by atoms with van der Waals surface area (Å²) in [6.07, 6.45) is 0. The van der Waals surface area contributed by atoms with Crippen molar-refractivity contribution in [1.29, 1.82) is 0 Å². The van der Waals surface area contributed by atoms with Gasteiger partial charge in [0.25, 0.3) is 5.91 Å². The van der Waals surface area contributed by atoms with Crippen LogP contribution in [0.15, 0.2) is 24.3 Å². The summed E-state index contributed by atoms with van der Waals surface area (Å²) in [5.74, 6) is -1.01. The Bertz CT molecular complexity index is 490. The molecule has 1 aromatic rings. The van der Waals surface area contributed by atoms with Crippen LogP contribution in [0, 0.1) is 5.92 Å². The number of ether oxygens (including phenoxy) is 1. The van der Waals surface area contributed by atoms with Crippen LogP contribution in [0.4, 0.5) is 5.69 Å². The second-order valence-electron chi connectivity index (χ2n) is 4.44. The summed E-state index contributed by atoms with van der Waals surface area (Å²) in [5.41, 5.74) is 6.00. The number of rotatable bonds is 4. The molecule has 2 amide bonds. The second kappa shape index (κ2) is 5.81. The van der Waals surface area contributed by atoms with Gasteiger partial charge in [0.1, 0.15) is 0 Å². The van der Waals surface area contributed by atoms with Crippen molar-refractivity contribution in [3.05, 3.63) is 29.8 Å². The molecule has 1 heterocycles. The van der Waals surface area contributed by atoms with Crippen molar-refractivity contribution in [1.82, 2.24) is 5.32 Å². The van der Waals surface area contributed by atoms with Crippen LogP contribution in [0.5, 0.6) is 0 Å². The summed E-state index contributed by atoms with van der Waals surface area (Å²) < 4.78 is 5.28. The molecule has 2 atom stereocenters. The molecular weight excluding hydrogens is 246 g/mol. The van der Waals surface area contributed by atoms with Gasteiger partial charge in [-0.25, -0.2) is 0 Å². The van der Waals surface area contributed by atoms with Crippen LogP contribution in [-0.2, 0) is 9.53 Å². The number of anilines is 1. The molecule has 1 aromatic carbocycles. The van der Waals surface area contributed by atoms with Crippen molar-refractivity contribution in [2.75, 3.05) is 25.6 Å². The summed E-state index contributed by atoms with van der Waals surface area (Å²) in [4.78, 5) is 23.5. The lowest BCUT2D eigenvalue weighted by Crippen LogP contribution is -2.39. The zero-order valence-corrected chi connectivity index (χ0v) is 10.7. The zero-order chi connectivity index (χ0) is 13.8. The molecule has 0 aliphatic carbocycles. The molecule has 0 aromatic heterocycles. The standard InChI is InChI=1S/C13H17N3O3/c1-15-11-7-19-6-9(11)13(18)16-10-5-3-2-4-8(10)12(14)17/h2-5,9,11,15H,6-7H2,1H3,(H2,14,17)(H,16,18). The molecule has 2 unspecified atom stereocenters. The number of para-hydroxylation sites is 1. The lowest BCUT2D eigenvalue weighted by atomic mass is 10.0. The van der Waals surface area contributed by atoms with Crippen LogP contribution in [0.3, 0.4) is 0 Å². The molecule has 6 nitrogen and oxygen atoms in total. The number of nitrogens with one attached hydrogen (secondary N) is 2. The molecule has 4 N–H and O–H groups in total. The summed E-state index contributed by atoms with van der Waals surface area (Å²) in [6, 6.07) is 6.66. The van der Waals surface area contributed by atoms with E-state index in [0.29, 0.717) is 24.5 Å². The van der Waals surface area contributed by atoms with Crippen LogP contribution in [0.1, 0.15) is 10.4 Å². The number of likely N-dealkylation sites (N-methyl/N-ethyl adjacent to an activating group) is 1. The van der Waals surface area contributed by atoms with Crippen LogP contribution in [-0.4, -0.2) is 38.1 Å². The van der Waals surface area contributed by atoms with Gasteiger partial charge in [-0.05, 0) is 19.2 Å². The van der Waals surface area contributed by atoms with Gasteiger partial charge in [-0.1, -0.05) is 12.1 Å². The summed E-state index contributed by atoms with van der Waals surface area (Å²) >= 11 is 0. The maximum Gasteiger partial charge on any atom is 0.250 e. The molecule has 0 saturated carbocycles. The first kappa shape index (κ1) is 13.5. The van der Waals surface area contributed by atoms with E-state index in [9.17, 15) is 9.59 Å². The molecule has 0 spiro atoms. The Morgan fingerprint density at radius 1 is 1.32 bits per heavy atom. The van der Waals surface area contributed by atoms with E-state index >= 15 is 0 Å². The summed E-state index contributed by atoms with van der Waals surface area (Å²) in [5, 5.41) is 5.78. The first-order chi connectivity index (χ1) is 9.13. The first-order valence-corrected chi connectivity index (χ1v) is 6.08. The van der Waals surface area contributed by atoms with Crippen molar-refractivity contribution < 1.29 is 14.3 Å². The third-order valence-electron chi connectivity index (χ3n) is 3.24. The van der Waals surface area contributed by atoms with Gasteiger partial charge >= 0.3 is 0 Å². The fraction of sp³-hybridized carbons (Fsp3) is 0.385. The Balaban J connectivity index is 2.13. The SMILES string of the molecule is CNC1COCC1C(=O)Nc1ccccc1C(N)=O. The Hall–Kier alpha value is -1.92. The maximum absolute atomic E-state index is 12.2. The number of primary amides is 1. The van der Waals surface area contributed by atoms with Gasteiger partial charge in [-0.15, -0.1) is 0 Å². The Kier molecular flexibility index (Phi) is 4.13. The van der Waals surface area contributed by atoms with Crippen LogP contribution in [0.2, 0.25) is 0 Å². The van der Waals surface area contributed by atoms with Crippen molar-refractivity contribution in [2.45, 2.75) is 6.04 Å². The lowest BCUT2D eigenvalue weighted by molar-refractivity contribution is -0.120. The molecule has 1 saturated heterocycles. The van der Waals surface area contributed by atoms with E-state index in [1.165, 1.54) is 0 Å². The second-order valence-corrected chi connectivity index (χ2v) is 4.44. The fourth-order valence-electron chi connectivity index (χ4n) is 2.13. The topological polar surface area (TPSA) is 93.4 Å². The molecule has 0 bridgehead atoms. The normalized spacial score (nSPS) is 22.2. The Morgan fingerprint density at radius 3 is 2.74 bits per heavy atom. The van der Waals surface area contributed by atoms with Crippen molar-refractivity contribution in [3.63, 3.8) is 0 Å². The zero-order valence-electron chi connectivity index (χ0n) is 10.7. The highest BCUT2D eigenvalue weighted by Crippen LogP contribution is 2.19. The van der Waals surface area contributed by atoms with E-state index in [0.717, 1.165) is 0 Å². The van der Waals surface area contributed by atoms with E-state index in [4.69, 9.17) is 10.5 Å². The molecule has 2 rings (SSSR count). The van der Waals surface area contributed by atoms with Crippen molar-refractivity contribution in [3.8, 4) is 0 Å². The third-order valence-corrected chi connectivity index (χ3v) is 3.24. The highest BCUT2D eigenvalue weighted by molar-refractivity contribution is 6.03. The number of hydrogen-bond acceptors (Lipinski definition) is 4. The van der Waals surface area contributed by atoms with Crippen molar-refractivity contribution in [2.24, 2.45) is 11.7 Å². The number of nitrogens with two attached hydrogens (primary N) is 1. The highest BCUT2D eigenvalue weighted by atomic mass is 16.5. The van der Waals surface area contributed by atoms with Crippen LogP contribution < -0.4 is 16.4 Å². The predicted octanol–water partition coefficient (Wildman–Crippen LogP) is -0.0416. The Morgan fingerprint density at radius 2 is 2.05 bits per heavy atom. The molecule has 1 aliphatic heterocycles. The average molecular weight is 263 g/mol. The van der Waals surface area contributed by atoms with E-state index in [1.54, 1.807) is 31.3 Å². The number of benzene rings is 1. The lowest BCUT2D eigenvalue weighted by Gasteiger charge is -2.17. The predicted molar refractivity (Wildman–Crippen MR) is 70.7 cm³/mol. The van der Waals surface area contributed by atoms with Crippen LogP contribution in [0.25, 0.3) is 0 Å². The highest BCUT2D eigenvalue weighted by Gasteiger charge is 2.33. The van der Waals surface area contributed by atoms with Crippen molar-refractivity contribution >= 4 is 17.5 Å². The van der Waals surface area contributed by atoms with Crippen LogP contribution >= 0.6 is 0 Å². The molecule has 1 aliphatic rings. The maximum atomic E-state index is 12.2. The smallest absolute Gasteiger partial charge is 0.250 e. The number of amides is 2. The minimum atomic E-state index is -0.566. The summed E-state index contributed by atoms with van der Waals surface area (Å²) in [7, 11) is 1.79. The van der Waals surface area contributed by atoms with Gasteiger partial charge in [0.2, 0.25) is 5.91 Å². The van der Waals surface area contributed by atoms with Gasteiger partial charge in [-0.2, -0.15) is 0 Å². The summed E-state index contributed by atoms with van der Waals surface area (Å²) in [6.45, 7) is 0.877. The molecule has 102 valence electrons. The largest absolute Gasteiger partial charge is 0.379 e. The molecular formula is C13H17N3O3. The fourth-order valence-corrected chi connectivity index (χ4v) is 2.13. The molecule has 19 heavy (non-hydrogen) atoms. The van der Waals surface area contributed by atoms with Gasteiger partial charge in [0.05, 0.1) is 30.4 Å². The number of hydrogen-bond donors (Lipinski definition) is 3. The quantitative estimate of drug-likeness (QED) is 0.710. The molecule has 1 fully saturated rings. The van der Waals surface area contributed by atoms with Gasteiger partial charge in [0, 0.05) is 6.04 Å². The van der Waals surface area contributed by atoms with Gasteiger partial charge in [-0.3, -0.25) is 9.59 Å². The Labute approximate surface area is 111 Å².